The van der Waals surface area contributed by atoms with Gasteiger partial charge in [-0.25, -0.2) is 0 Å². The Hall–Kier alpha value is -1.10. The van der Waals surface area contributed by atoms with E-state index in [0.29, 0.717) is 6.54 Å². The van der Waals surface area contributed by atoms with Crippen LogP contribution in [-0.2, 0) is 9.59 Å². The van der Waals surface area contributed by atoms with Crippen molar-refractivity contribution >= 4 is 11.9 Å². The minimum Gasteiger partial charge on any atom is -0.481 e. The lowest BCUT2D eigenvalue weighted by Gasteiger charge is -2.14. The summed E-state index contributed by atoms with van der Waals surface area (Å²) in [6.07, 6.45) is 2.48. The highest BCUT2D eigenvalue weighted by Crippen LogP contribution is 2.05. The zero-order valence-electron chi connectivity index (χ0n) is 8.87. The van der Waals surface area contributed by atoms with Crippen molar-refractivity contribution in [2.45, 2.75) is 25.7 Å². The van der Waals surface area contributed by atoms with Gasteiger partial charge in [-0.3, -0.25) is 9.59 Å². The van der Waals surface area contributed by atoms with E-state index >= 15 is 0 Å². The molecule has 5 nitrogen and oxygen atoms in total. The predicted octanol–water partition coefficient (Wildman–Crippen LogP) is 0.0632. The monoisotopic (exact) mass is 214 g/mol. The molecule has 0 atom stereocenters. The maximum atomic E-state index is 11.1. The fourth-order valence-electron chi connectivity index (χ4n) is 1.67. The van der Waals surface area contributed by atoms with E-state index in [1.54, 1.807) is 0 Å². The average molecular weight is 214 g/mol. The third-order valence-corrected chi connectivity index (χ3v) is 2.51. The number of rotatable bonds is 6. The van der Waals surface area contributed by atoms with Crippen LogP contribution in [0.25, 0.3) is 0 Å². The van der Waals surface area contributed by atoms with E-state index in [1.165, 1.54) is 12.8 Å². The fourth-order valence-corrected chi connectivity index (χ4v) is 1.67. The maximum Gasteiger partial charge on any atom is 0.303 e. The van der Waals surface area contributed by atoms with E-state index in [4.69, 9.17) is 5.11 Å². The maximum absolute atomic E-state index is 11.1. The molecule has 0 radical (unpaired) electrons. The summed E-state index contributed by atoms with van der Waals surface area (Å²) in [5, 5.41) is 11.1. The molecule has 0 aliphatic carbocycles. The van der Waals surface area contributed by atoms with Gasteiger partial charge in [0, 0.05) is 19.5 Å². The van der Waals surface area contributed by atoms with Crippen molar-refractivity contribution in [3.8, 4) is 0 Å². The molecule has 0 aromatic rings. The summed E-state index contributed by atoms with van der Waals surface area (Å²) < 4.78 is 0. The molecule has 0 unspecified atom stereocenters. The van der Waals surface area contributed by atoms with Crippen LogP contribution in [0.15, 0.2) is 0 Å². The molecular formula is C10H18N2O3. The minimum atomic E-state index is -0.926. The highest BCUT2D eigenvalue weighted by molar-refractivity contribution is 5.80. The topological polar surface area (TPSA) is 69.6 Å². The quantitative estimate of drug-likeness (QED) is 0.656. The molecule has 0 aromatic heterocycles. The Balaban J connectivity index is 1.98. The molecule has 1 rings (SSSR count). The molecule has 1 fully saturated rings. The van der Waals surface area contributed by atoms with Gasteiger partial charge in [-0.15, -0.1) is 0 Å². The van der Waals surface area contributed by atoms with Crippen LogP contribution in [0.5, 0.6) is 0 Å². The summed E-state index contributed by atoms with van der Waals surface area (Å²) in [5.41, 5.74) is 0. The second kappa shape index (κ2) is 6.40. The minimum absolute atomic E-state index is 0.0787. The Morgan fingerprint density at radius 3 is 2.47 bits per heavy atom. The van der Waals surface area contributed by atoms with E-state index in [2.05, 4.69) is 10.2 Å². The van der Waals surface area contributed by atoms with E-state index in [9.17, 15) is 9.59 Å². The predicted molar refractivity (Wildman–Crippen MR) is 55.6 cm³/mol. The van der Waals surface area contributed by atoms with E-state index in [-0.39, 0.29) is 18.7 Å². The van der Waals surface area contributed by atoms with Gasteiger partial charge in [0.15, 0.2) is 0 Å². The Kier molecular flexibility index (Phi) is 5.10. The molecule has 2 N–H and O–H groups in total. The highest BCUT2D eigenvalue weighted by atomic mass is 16.4. The smallest absolute Gasteiger partial charge is 0.303 e. The molecule has 1 aliphatic heterocycles. The lowest BCUT2D eigenvalue weighted by atomic mass is 10.3. The van der Waals surface area contributed by atoms with Crippen LogP contribution in [0.1, 0.15) is 25.7 Å². The standard InChI is InChI=1S/C10H18N2O3/c13-9(3-4-10(14)15)11-5-8-12-6-1-2-7-12/h1-8H2,(H,11,13)(H,14,15). The molecule has 0 spiro atoms. The summed E-state index contributed by atoms with van der Waals surface area (Å²) in [6.45, 7) is 3.73. The molecule has 1 heterocycles. The fraction of sp³-hybridized carbons (Fsp3) is 0.800. The first-order valence-corrected chi connectivity index (χ1v) is 5.39. The molecule has 1 amide bonds. The number of aliphatic carboxylic acids is 1. The molecular weight excluding hydrogens is 196 g/mol. The van der Waals surface area contributed by atoms with Crippen molar-refractivity contribution in [1.82, 2.24) is 10.2 Å². The number of hydrogen-bond acceptors (Lipinski definition) is 3. The molecule has 5 heteroatoms. The molecule has 1 aliphatic rings. The van der Waals surface area contributed by atoms with Gasteiger partial charge >= 0.3 is 5.97 Å². The van der Waals surface area contributed by atoms with Crippen molar-refractivity contribution in [1.29, 1.82) is 0 Å². The number of hydrogen-bond donors (Lipinski definition) is 2. The van der Waals surface area contributed by atoms with Crippen molar-refractivity contribution in [2.24, 2.45) is 0 Å². The Bertz CT molecular complexity index is 225. The van der Waals surface area contributed by atoms with Crippen LogP contribution in [0, 0.1) is 0 Å². The molecule has 86 valence electrons. The van der Waals surface area contributed by atoms with Crippen molar-refractivity contribution in [3.63, 3.8) is 0 Å². The number of amides is 1. The lowest BCUT2D eigenvalue weighted by molar-refractivity contribution is -0.138. The van der Waals surface area contributed by atoms with E-state index < -0.39 is 5.97 Å². The average Bonchev–Trinajstić information content (AvgIpc) is 2.67. The van der Waals surface area contributed by atoms with Crippen LogP contribution in [-0.4, -0.2) is 48.1 Å². The normalized spacial score (nSPS) is 16.5. The zero-order chi connectivity index (χ0) is 11.1. The first kappa shape index (κ1) is 12.0. The summed E-state index contributed by atoms with van der Waals surface area (Å²) in [7, 11) is 0. The molecule has 1 saturated heterocycles. The van der Waals surface area contributed by atoms with Crippen molar-refractivity contribution in [3.05, 3.63) is 0 Å². The van der Waals surface area contributed by atoms with Crippen LogP contribution in [0.2, 0.25) is 0 Å². The van der Waals surface area contributed by atoms with Gasteiger partial charge in [0.25, 0.3) is 0 Å². The first-order chi connectivity index (χ1) is 7.18. The van der Waals surface area contributed by atoms with Gasteiger partial charge in [0.05, 0.1) is 6.42 Å². The van der Waals surface area contributed by atoms with E-state index in [1.807, 2.05) is 0 Å². The number of nitrogens with one attached hydrogen (secondary N) is 1. The zero-order valence-corrected chi connectivity index (χ0v) is 8.87. The third-order valence-electron chi connectivity index (χ3n) is 2.51. The van der Waals surface area contributed by atoms with E-state index in [0.717, 1.165) is 19.6 Å². The largest absolute Gasteiger partial charge is 0.481 e. The van der Waals surface area contributed by atoms with Gasteiger partial charge < -0.3 is 15.3 Å². The lowest BCUT2D eigenvalue weighted by Crippen LogP contribution is -2.33. The second-order valence-electron chi connectivity index (χ2n) is 3.79. The number of nitrogens with zero attached hydrogens (tertiary/aromatic N) is 1. The number of carbonyl (C=O) groups excluding carboxylic acids is 1. The number of carboxylic acid groups (broad SMARTS) is 1. The van der Waals surface area contributed by atoms with Crippen LogP contribution >= 0.6 is 0 Å². The first-order valence-electron chi connectivity index (χ1n) is 5.39. The SMILES string of the molecule is O=C(O)CCC(=O)NCCN1CCCC1. The summed E-state index contributed by atoms with van der Waals surface area (Å²) in [5.74, 6) is -1.10. The molecule has 0 bridgehead atoms. The van der Waals surface area contributed by atoms with Gasteiger partial charge in [-0.05, 0) is 25.9 Å². The van der Waals surface area contributed by atoms with Crippen LogP contribution in [0.3, 0.4) is 0 Å². The van der Waals surface area contributed by atoms with Crippen LogP contribution in [0.4, 0.5) is 0 Å². The van der Waals surface area contributed by atoms with Gasteiger partial charge in [0.1, 0.15) is 0 Å². The van der Waals surface area contributed by atoms with Crippen molar-refractivity contribution in [2.75, 3.05) is 26.2 Å². The van der Waals surface area contributed by atoms with Gasteiger partial charge in [0.2, 0.25) is 5.91 Å². The summed E-state index contributed by atoms with van der Waals surface area (Å²) in [4.78, 5) is 23.6. The number of carbonyl (C=O) groups is 2. The second-order valence-corrected chi connectivity index (χ2v) is 3.79. The summed E-state index contributed by atoms with van der Waals surface area (Å²) in [6, 6.07) is 0. The Morgan fingerprint density at radius 2 is 1.87 bits per heavy atom. The van der Waals surface area contributed by atoms with Crippen molar-refractivity contribution < 1.29 is 14.7 Å². The van der Waals surface area contributed by atoms with Crippen LogP contribution < -0.4 is 5.32 Å². The molecule has 15 heavy (non-hydrogen) atoms. The third kappa shape index (κ3) is 5.37. The molecule has 0 saturated carbocycles. The Morgan fingerprint density at radius 1 is 1.20 bits per heavy atom. The number of likely N-dealkylation sites (tertiary alicyclic amines) is 1. The summed E-state index contributed by atoms with van der Waals surface area (Å²) >= 11 is 0. The van der Waals surface area contributed by atoms with Gasteiger partial charge in [-0.2, -0.15) is 0 Å². The molecule has 0 aromatic carbocycles. The highest BCUT2D eigenvalue weighted by Gasteiger charge is 2.11. The number of carboxylic acids is 1. The Labute approximate surface area is 89.4 Å². The van der Waals surface area contributed by atoms with Gasteiger partial charge in [-0.1, -0.05) is 0 Å².